The van der Waals surface area contributed by atoms with Crippen LogP contribution in [0, 0.1) is 0 Å². The highest BCUT2D eigenvalue weighted by Crippen LogP contribution is 2.27. The standard InChI is InChI=1S/C18H14N2O3S/c21-15-9-5-4-8-14(15)17(22)19-20-18(23)16-13(10-11-24-16)12-6-2-1-3-7-12/h1-11,21H,(H,19,22)(H,20,23). The smallest absolute Gasteiger partial charge is 0.280 e. The van der Waals surface area contributed by atoms with Crippen molar-refractivity contribution in [2.24, 2.45) is 0 Å². The molecule has 1 heterocycles. The molecular weight excluding hydrogens is 324 g/mol. The third-order valence-electron chi connectivity index (χ3n) is 3.39. The fraction of sp³-hybridized carbons (Fsp3) is 0. The van der Waals surface area contributed by atoms with Crippen molar-refractivity contribution in [2.75, 3.05) is 0 Å². The van der Waals surface area contributed by atoms with Gasteiger partial charge in [-0.2, -0.15) is 0 Å². The normalized spacial score (nSPS) is 10.2. The summed E-state index contributed by atoms with van der Waals surface area (Å²) in [6, 6.07) is 17.5. The number of amides is 2. The Morgan fingerprint density at radius 3 is 2.25 bits per heavy atom. The Labute approximate surface area is 142 Å². The summed E-state index contributed by atoms with van der Waals surface area (Å²) in [6.45, 7) is 0. The van der Waals surface area contributed by atoms with E-state index in [0.29, 0.717) is 4.88 Å². The maximum Gasteiger partial charge on any atom is 0.280 e. The first kappa shape index (κ1) is 15.8. The molecule has 3 N–H and O–H groups in total. The zero-order valence-electron chi connectivity index (χ0n) is 12.5. The van der Waals surface area contributed by atoms with Gasteiger partial charge in [-0.25, -0.2) is 0 Å². The van der Waals surface area contributed by atoms with Crippen LogP contribution in [0.1, 0.15) is 20.0 Å². The van der Waals surface area contributed by atoms with Crippen molar-refractivity contribution in [2.45, 2.75) is 0 Å². The minimum Gasteiger partial charge on any atom is -0.507 e. The van der Waals surface area contributed by atoms with Crippen LogP contribution < -0.4 is 10.9 Å². The van der Waals surface area contributed by atoms with Crippen molar-refractivity contribution < 1.29 is 14.7 Å². The Bertz CT molecular complexity index is 875. The van der Waals surface area contributed by atoms with Crippen LogP contribution in [0.15, 0.2) is 66.0 Å². The van der Waals surface area contributed by atoms with Gasteiger partial charge in [0.15, 0.2) is 0 Å². The fourth-order valence-corrected chi connectivity index (χ4v) is 3.04. The number of para-hydroxylation sites is 1. The Balaban J connectivity index is 1.72. The molecule has 6 heteroatoms. The fourth-order valence-electron chi connectivity index (χ4n) is 2.23. The van der Waals surface area contributed by atoms with Gasteiger partial charge >= 0.3 is 0 Å². The number of aromatic hydroxyl groups is 1. The lowest BCUT2D eigenvalue weighted by Crippen LogP contribution is -2.41. The second-order valence-electron chi connectivity index (χ2n) is 4.95. The third-order valence-corrected chi connectivity index (χ3v) is 4.31. The highest BCUT2D eigenvalue weighted by atomic mass is 32.1. The Hall–Kier alpha value is -3.12. The summed E-state index contributed by atoms with van der Waals surface area (Å²) in [6.07, 6.45) is 0. The second kappa shape index (κ2) is 6.97. The average Bonchev–Trinajstić information content (AvgIpc) is 3.10. The summed E-state index contributed by atoms with van der Waals surface area (Å²) in [5.74, 6) is -1.14. The van der Waals surface area contributed by atoms with E-state index < -0.39 is 11.8 Å². The molecule has 0 aliphatic heterocycles. The summed E-state index contributed by atoms with van der Waals surface area (Å²) in [4.78, 5) is 24.9. The third kappa shape index (κ3) is 3.28. The zero-order valence-corrected chi connectivity index (χ0v) is 13.3. The van der Waals surface area contributed by atoms with Gasteiger partial charge in [0.1, 0.15) is 10.6 Å². The van der Waals surface area contributed by atoms with Crippen molar-refractivity contribution >= 4 is 23.2 Å². The highest BCUT2D eigenvalue weighted by molar-refractivity contribution is 7.12. The van der Waals surface area contributed by atoms with E-state index in [2.05, 4.69) is 10.9 Å². The number of phenols is 1. The van der Waals surface area contributed by atoms with Crippen molar-refractivity contribution in [1.82, 2.24) is 10.9 Å². The lowest BCUT2D eigenvalue weighted by atomic mass is 10.1. The van der Waals surface area contributed by atoms with Crippen LogP contribution in [0.2, 0.25) is 0 Å². The van der Waals surface area contributed by atoms with E-state index in [1.807, 2.05) is 41.8 Å². The van der Waals surface area contributed by atoms with Gasteiger partial charge in [0.25, 0.3) is 11.8 Å². The topological polar surface area (TPSA) is 78.4 Å². The van der Waals surface area contributed by atoms with E-state index in [1.54, 1.807) is 12.1 Å². The van der Waals surface area contributed by atoms with E-state index in [4.69, 9.17) is 0 Å². The maximum atomic E-state index is 12.3. The predicted molar refractivity (Wildman–Crippen MR) is 92.8 cm³/mol. The quantitative estimate of drug-likeness (QED) is 0.642. The first-order valence-electron chi connectivity index (χ1n) is 7.18. The molecule has 3 rings (SSSR count). The van der Waals surface area contributed by atoms with Gasteiger partial charge < -0.3 is 5.11 Å². The molecule has 0 bridgehead atoms. The van der Waals surface area contributed by atoms with Crippen LogP contribution >= 0.6 is 11.3 Å². The monoisotopic (exact) mass is 338 g/mol. The molecule has 2 amide bonds. The molecule has 0 radical (unpaired) electrons. The average molecular weight is 338 g/mol. The molecular formula is C18H14N2O3S. The van der Waals surface area contributed by atoms with Crippen LogP contribution in [0.5, 0.6) is 5.75 Å². The molecule has 0 aliphatic carbocycles. The summed E-state index contributed by atoms with van der Waals surface area (Å²) < 4.78 is 0. The number of thiophene rings is 1. The molecule has 24 heavy (non-hydrogen) atoms. The first-order chi connectivity index (χ1) is 11.7. The highest BCUT2D eigenvalue weighted by Gasteiger charge is 2.16. The number of hydrazine groups is 1. The zero-order chi connectivity index (χ0) is 16.9. The van der Waals surface area contributed by atoms with Gasteiger partial charge in [-0.3, -0.25) is 20.4 Å². The summed E-state index contributed by atoms with van der Waals surface area (Å²) in [7, 11) is 0. The van der Waals surface area contributed by atoms with Crippen molar-refractivity contribution in [3.05, 3.63) is 76.5 Å². The largest absolute Gasteiger partial charge is 0.507 e. The van der Waals surface area contributed by atoms with E-state index >= 15 is 0 Å². The van der Waals surface area contributed by atoms with Crippen LogP contribution in [0.25, 0.3) is 11.1 Å². The number of benzene rings is 2. The summed E-state index contributed by atoms with van der Waals surface area (Å²) in [5.41, 5.74) is 6.51. The van der Waals surface area contributed by atoms with Gasteiger partial charge in [-0.05, 0) is 29.1 Å². The van der Waals surface area contributed by atoms with Gasteiger partial charge in [-0.1, -0.05) is 42.5 Å². The Kier molecular flexibility index (Phi) is 4.58. The number of nitrogens with one attached hydrogen (secondary N) is 2. The number of phenolic OH excluding ortho intramolecular Hbond substituents is 1. The molecule has 0 atom stereocenters. The van der Waals surface area contributed by atoms with Crippen molar-refractivity contribution in [1.29, 1.82) is 0 Å². The number of rotatable bonds is 3. The van der Waals surface area contributed by atoms with E-state index in [1.165, 1.54) is 23.5 Å². The Morgan fingerprint density at radius 2 is 1.50 bits per heavy atom. The number of hydrogen-bond acceptors (Lipinski definition) is 4. The summed E-state index contributed by atoms with van der Waals surface area (Å²) >= 11 is 1.29. The van der Waals surface area contributed by atoms with Gasteiger partial charge in [0.05, 0.1) is 5.56 Å². The molecule has 0 aliphatic rings. The SMILES string of the molecule is O=C(NNC(=O)c1sccc1-c1ccccc1)c1ccccc1O. The molecule has 2 aromatic carbocycles. The second-order valence-corrected chi connectivity index (χ2v) is 5.87. The van der Waals surface area contributed by atoms with Gasteiger partial charge in [0.2, 0.25) is 0 Å². The molecule has 0 saturated carbocycles. The minimum atomic E-state index is -0.584. The van der Waals surface area contributed by atoms with Crippen LogP contribution in [0.4, 0.5) is 0 Å². The molecule has 0 spiro atoms. The first-order valence-corrected chi connectivity index (χ1v) is 8.06. The molecule has 120 valence electrons. The van der Waals surface area contributed by atoms with E-state index in [-0.39, 0.29) is 11.3 Å². The van der Waals surface area contributed by atoms with Crippen LogP contribution in [-0.4, -0.2) is 16.9 Å². The molecule has 0 fully saturated rings. The van der Waals surface area contributed by atoms with E-state index in [0.717, 1.165) is 11.1 Å². The number of carbonyl (C=O) groups excluding carboxylic acids is 2. The molecule has 1 aromatic heterocycles. The maximum absolute atomic E-state index is 12.3. The lowest BCUT2D eigenvalue weighted by molar-refractivity contribution is 0.0847. The molecule has 3 aromatic rings. The lowest BCUT2D eigenvalue weighted by Gasteiger charge is -2.09. The van der Waals surface area contributed by atoms with Crippen LogP contribution in [0.3, 0.4) is 0 Å². The van der Waals surface area contributed by atoms with Gasteiger partial charge in [-0.15, -0.1) is 11.3 Å². The number of hydrogen-bond donors (Lipinski definition) is 3. The van der Waals surface area contributed by atoms with Crippen LogP contribution in [-0.2, 0) is 0 Å². The number of carbonyl (C=O) groups is 2. The van der Waals surface area contributed by atoms with Crippen molar-refractivity contribution in [3.8, 4) is 16.9 Å². The van der Waals surface area contributed by atoms with Gasteiger partial charge in [0, 0.05) is 5.56 Å². The minimum absolute atomic E-state index is 0.0901. The van der Waals surface area contributed by atoms with E-state index in [9.17, 15) is 14.7 Å². The molecule has 0 unspecified atom stereocenters. The summed E-state index contributed by atoms with van der Waals surface area (Å²) in [5, 5.41) is 11.5. The Morgan fingerprint density at radius 1 is 0.833 bits per heavy atom. The van der Waals surface area contributed by atoms with Crippen molar-refractivity contribution in [3.63, 3.8) is 0 Å². The molecule has 0 saturated heterocycles. The predicted octanol–water partition coefficient (Wildman–Crippen LogP) is 3.20. The molecule has 5 nitrogen and oxygen atoms in total.